The molecule has 0 fully saturated rings. The van der Waals surface area contributed by atoms with Gasteiger partial charge < -0.3 is 5.32 Å². The van der Waals surface area contributed by atoms with E-state index >= 15 is 0 Å². The molecule has 2 aromatic rings. The fraction of sp³-hybridized carbons (Fsp3) is 0.250. The van der Waals surface area contributed by atoms with Crippen LogP contribution in [0.4, 0.5) is 5.69 Å². The molecule has 2 rings (SSSR count). The summed E-state index contributed by atoms with van der Waals surface area (Å²) in [6.45, 7) is 3.91. The highest BCUT2D eigenvalue weighted by Gasteiger charge is 2.14. The van der Waals surface area contributed by atoms with Gasteiger partial charge in [-0.2, -0.15) is 0 Å². The predicted octanol–water partition coefficient (Wildman–Crippen LogP) is 3.49. The van der Waals surface area contributed by atoms with Gasteiger partial charge in [0.15, 0.2) is 0 Å². The number of amides is 1. The normalized spacial score (nSPS) is 10.8. The lowest BCUT2D eigenvalue weighted by Gasteiger charge is -2.03. The molecule has 2 N–H and O–H groups in total. The average Bonchev–Trinajstić information content (AvgIpc) is 2.76. The number of benzene rings is 1. The van der Waals surface area contributed by atoms with Gasteiger partial charge in [0.1, 0.15) is 5.82 Å². The van der Waals surface area contributed by atoms with Crippen LogP contribution in [0.2, 0.25) is 10.0 Å². The number of nitrogens with one attached hydrogen (secondary N) is 2. The van der Waals surface area contributed by atoms with Gasteiger partial charge in [0.05, 0.1) is 0 Å². The van der Waals surface area contributed by atoms with Crippen LogP contribution in [-0.4, -0.2) is 21.1 Å². The van der Waals surface area contributed by atoms with E-state index in [4.69, 9.17) is 23.2 Å². The molecule has 0 spiro atoms. The molecule has 0 unspecified atom stereocenters. The fourth-order valence-electron chi connectivity index (χ4n) is 1.45. The Kier molecular flexibility index (Phi) is 4.07. The molecule has 0 saturated carbocycles. The molecule has 0 aliphatic carbocycles. The number of H-pyrrole nitrogens is 1. The summed E-state index contributed by atoms with van der Waals surface area (Å²) >= 11 is 11.7. The summed E-state index contributed by atoms with van der Waals surface area (Å²) < 4.78 is 0. The van der Waals surface area contributed by atoms with Crippen molar-refractivity contribution in [1.29, 1.82) is 0 Å². The van der Waals surface area contributed by atoms with E-state index in [-0.39, 0.29) is 11.7 Å². The molecule has 1 aromatic carbocycles. The van der Waals surface area contributed by atoms with E-state index in [0.29, 0.717) is 21.6 Å². The van der Waals surface area contributed by atoms with Crippen LogP contribution in [0.3, 0.4) is 0 Å². The van der Waals surface area contributed by atoms with Crippen molar-refractivity contribution >= 4 is 34.8 Å². The van der Waals surface area contributed by atoms with Crippen molar-refractivity contribution in [2.45, 2.75) is 19.8 Å². The molecule has 5 nitrogen and oxygen atoms in total. The third-order valence-corrected chi connectivity index (χ3v) is 2.81. The summed E-state index contributed by atoms with van der Waals surface area (Å²) in [5.41, 5.74) is 0.499. The zero-order valence-electron chi connectivity index (χ0n) is 10.4. The van der Waals surface area contributed by atoms with Crippen molar-refractivity contribution in [1.82, 2.24) is 15.2 Å². The quantitative estimate of drug-likeness (QED) is 0.911. The second-order valence-electron chi connectivity index (χ2n) is 4.31. The summed E-state index contributed by atoms with van der Waals surface area (Å²) in [6.07, 6.45) is 0. The highest BCUT2D eigenvalue weighted by atomic mass is 35.5. The monoisotopic (exact) mass is 298 g/mol. The third kappa shape index (κ3) is 3.45. The number of aromatic amines is 1. The lowest BCUT2D eigenvalue weighted by Crippen LogP contribution is -2.13. The maximum Gasteiger partial charge on any atom is 0.295 e. The smallest absolute Gasteiger partial charge is 0.295 e. The Morgan fingerprint density at radius 3 is 2.42 bits per heavy atom. The number of nitrogens with zero attached hydrogens (tertiary/aromatic N) is 2. The Morgan fingerprint density at radius 2 is 1.89 bits per heavy atom. The van der Waals surface area contributed by atoms with Gasteiger partial charge in [-0.15, -0.1) is 5.10 Å². The molecule has 1 heterocycles. The van der Waals surface area contributed by atoms with E-state index in [1.165, 1.54) is 0 Å². The number of hydrogen-bond acceptors (Lipinski definition) is 3. The Morgan fingerprint density at radius 1 is 1.26 bits per heavy atom. The van der Waals surface area contributed by atoms with Gasteiger partial charge in [0.2, 0.25) is 5.82 Å². The van der Waals surface area contributed by atoms with Gasteiger partial charge in [-0.3, -0.25) is 9.89 Å². The van der Waals surface area contributed by atoms with E-state index in [0.717, 1.165) is 0 Å². The number of hydrogen-bond donors (Lipinski definition) is 2. The Hall–Kier alpha value is -1.59. The SMILES string of the molecule is CC(C)c1nc(C(=O)Nc2cc(Cl)cc(Cl)c2)n[nH]1. The number of carbonyl (C=O) groups is 1. The molecule has 1 amide bonds. The molecule has 1 aromatic heterocycles. The van der Waals surface area contributed by atoms with Gasteiger partial charge in [0.25, 0.3) is 5.91 Å². The molecule has 0 atom stereocenters. The Balaban J connectivity index is 2.15. The first-order valence-corrected chi connectivity index (χ1v) is 6.41. The maximum absolute atomic E-state index is 11.9. The van der Waals surface area contributed by atoms with Gasteiger partial charge in [0, 0.05) is 21.7 Å². The molecule has 0 saturated heterocycles. The lowest BCUT2D eigenvalue weighted by molar-refractivity contribution is 0.101. The van der Waals surface area contributed by atoms with Crippen molar-refractivity contribution in [2.75, 3.05) is 5.32 Å². The highest BCUT2D eigenvalue weighted by Crippen LogP contribution is 2.22. The third-order valence-electron chi connectivity index (χ3n) is 2.37. The molecule has 0 aliphatic rings. The summed E-state index contributed by atoms with van der Waals surface area (Å²) in [5, 5.41) is 10.1. The molecule has 0 bridgehead atoms. The zero-order valence-corrected chi connectivity index (χ0v) is 11.9. The largest absolute Gasteiger partial charge is 0.319 e. The van der Waals surface area contributed by atoms with Crippen LogP contribution < -0.4 is 5.32 Å². The van der Waals surface area contributed by atoms with Crippen molar-refractivity contribution in [3.05, 3.63) is 39.9 Å². The summed E-state index contributed by atoms with van der Waals surface area (Å²) in [4.78, 5) is 16.0. The van der Waals surface area contributed by atoms with Crippen LogP contribution in [0.25, 0.3) is 0 Å². The van der Waals surface area contributed by atoms with Crippen LogP contribution >= 0.6 is 23.2 Å². The van der Waals surface area contributed by atoms with E-state index in [1.807, 2.05) is 13.8 Å². The number of carbonyl (C=O) groups excluding carboxylic acids is 1. The topological polar surface area (TPSA) is 70.7 Å². The van der Waals surface area contributed by atoms with E-state index in [1.54, 1.807) is 18.2 Å². The molecule has 7 heteroatoms. The molecule has 0 radical (unpaired) electrons. The highest BCUT2D eigenvalue weighted by molar-refractivity contribution is 6.35. The van der Waals surface area contributed by atoms with Gasteiger partial charge in [-0.25, -0.2) is 4.98 Å². The van der Waals surface area contributed by atoms with E-state index < -0.39 is 5.91 Å². The van der Waals surface area contributed by atoms with Gasteiger partial charge >= 0.3 is 0 Å². The minimum Gasteiger partial charge on any atom is -0.319 e. The number of rotatable bonds is 3. The molecular formula is C12H12Cl2N4O. The molecule has 100 valence electrons. The zero-order chi connectivity index (χ0) is 14.0. The summed E-state index contributed by atoms with van der Waals surface area (Å²) in [7, 11) is 0. The van der Waals surface area contributed by atoms with Crippen molar-refractivity contribution in [3.63, 3.8) is 0 Å². The summed E-state index contributed by atoms with van der Waals surface area (Å²) in [5.74, 6) is 0.505. The number of aromatic nitrogens is 3. The van der Waals surface area contributed by atoms with E-state index in [9.17, 15) is 4.79 Å². The standard InChI is InChI=1S/C12H12Cl2N4O/c1-6(2)10-16-11(18-17-10)12(19)15-9-4-7(13)3-8(14)5-9/h3-6H,1-2H3,(H,15,19)(H,16,17,18). The predicted molar refractivity (Wildman–Crippen MR) is 74.9 cm³/mol. The first-order chi connectivity index (χ1) is 8.95. The van der Waals surface area contributed by atoms with Crippen molar-refractivity contribution in [3.8, 4) is 0 Å². The average molecular weight is 299 g/mol. The van der Waals surface area contributed by atoms with Crippen LogP contribution in [0.1, 0.15) is 36.2 Å². The lowest BCUT2D eigenvalue weighted by atomic mass is 10.2. The fourth-order valence-corrected chi connectivity index (χ4v) is 1.97. The van der Waals surface area contributed by atoms with Crippen LogP contribution in [0.5, 0.6) is 0 Å². The number of halogens is 2. The molecule has 0 aliphatic heterocycles. The minimum atomic E-state index is -0.415. The second kappa shape index (κ2) is 5.59. The maximum atomic E-state index is 11.9. The van der Waals surface area contributed by atoms with E-state index in [2.05, 4.69) is 20.5 Å². The van der Waals surface area contributed by atoms with Crippen LogP contribution in [0, 0.1) is 0 Å². The molecular weight excluding hydrogens is 287 g/mol. The molecule has 19 heavy (non-hydrogen) atoms. The van der Waals surface area contributed by atoms with Crippen molar-refractivity contribution in [2.24, 2.45) is 0 Å². The van der Waals surface area contributed by atoms with Gasteiger partial charge in [-0.1, -0.05) is 37.0 Å². The first-order valence-electron chi connectivity index (χ1n) is 5.65. The first kappa shape index (κ1) is 13.8. The van der Waals surface area contributed by atoms with Crippen LogP contribution in [-0.2, 0) is 0 Å². The summed E-state index contributed by atoms with van der Waals surface area (Å²) in [6, 6.07) is 4.78. The number of anilines is 1. The van der Waals surface area contributed by atoms with Crippen LogP contribution in [0.15, 0.2) is 18.2 Å². The Bertz CT molecular complexity index is 589. The Labute approximate surface area is 120 Å². The van der Waals surface area contributed by atoms with Crippen molar-refractivity contribution < 1.29 is 4.79 Å². The second-order valence-corrected chi connectivity index (χ2v) is 5.18. The minimum absolute atomic E-state index is 0.0831. The van der Waals surface area contributed by atoms with Gasteiger partial charge in [-0.05, 0) is 18.2 Å².